The lowest BCUT2D eigenvalue weighted by Gasteiger charge is -2.36. The van der Waals surface area contributed by atoms with Crippen LogP contribution in [0.15, 0.2) is 18.2 Å². The molecule has 2 N–H and O–H groups in total. The summed E-state index contributed by atoms with van der Waals surface area (Å²) >= 11 is 0. The van der Waals surface area contributed by atoms with Crippen LogP contribution in [-0.2, 0) is 5.54 Å². The number of hydrogen-bond acceptors (Lipinski definition) is 2. The number of hydrogen-bond donors (Lipinski definition) is 2. The van der Waals surface area contributed by atoms with Crippen LogP contribution in [-0.4, -0.2) is 19.6 Å². The molecule has 2 rings (SSSR count). The molecule has 82 valence electrons. The van der Waals surface area contributed by atoms with Gasteiger partial charge in [-0.05, 0) is 31.0 Å². The van der Waals surface area contributed by atoms with E-state index >= 15 is 0 Å². The van der Waals surface area contributed by atoms with Crippen LogP contribution in [0.5, 0.6) is 0 Å². The number of aryl methyl sites for hydroxylation is 1. The minimum Gasteiger partial charge on any atom is -0.313 e. The molecule has 1 heterocycles. The fraction of sp³-hybridized carbons (Fsp3) is 0.500. The Kier molecular flexibility index (Phi) is 2.76. The van der Waals surface area contributed by atoms with Gasteiger partial charge in [0.15, 0.2) is 0 Å². The monoisotopic (exact) mass is 208 g/mol. The Morgan fingerprint density at radius 2 is 2.13 bits per heavy atom. The molecule has 0 aromatic heterocycles. The summed E-state index contributed by atoms with van der Waals surface area (Å²) in [6.45, 7) is 6.78. The molecule has 1 atom stereocenters. The zero-order chi connectivity index (χ0) is 10.9. The third-order valence-electron chi connectivity index (χ3n) is 3.09. The largest absolute Gasteiger partial charge is 0.313 e. The highest BCUT2D eigenvalue weighted by atomic mass is 19.1. The maximum absolute atomic E-state index is 13.2. The average molecular weight is 208 g/mol. The quantitative estimate of drug-likeness (QED) is 0.731. The van der Waals surface area contributed by atoms with Gasteiger partial charge in [0.2, 0.25) is 0 Å². The Bertz CT molecular complexity index is 357. The van der Waals surface area contributed by atoms with Crippen molar-refractivity contribution in [2.75, 3.05) is 19.6 Å². The number of rotatable bonds is 1. The summed E-state index contributed by atoms with van der Waals surface area (Å²) in [5, 5.41) is 6.83. The van der Waals surface area contributed by atoms with Crippen molar-refractivity contribution in [1.29, 1.82) is 0 Å². The molecule has 3 heteroatoms. The molecule has 0 spiro atoms. The molecule has 15 heavy (non-hydrogen) atoms. The van der Waals surface area contributed by atoms with Crippen LogP contribution in [0.3, 0.4) is 0 Å². The molecular formula is C12H17FN2. The van der Waals surface area contributed by atoms with Gasteiger partial charge < -0.3 is 10.6 Å². The first-order valence-corrected chi connectivity index (χ1v) is 5.34. The van der Waals surface area contributed by atoms with E-state index in [-0.39, 0.29) is 11.4 Å². The van der Waals surface area contributed by atoms with E-state index in [9.17, 15) is 4.39 Å². The van der Waals surface area contributed by atoms with Crippen molar-refractivity contribution in [1.82, 2.24) is 10.6 Å². The van der Waals surface area contributed by atoms with E-state index in [0.29, 0.717) is 5.56 Å². The number of benzene rings is 1. The summed E-state index contributed by atoms with van der Waals surface area (Å²) in [4.78, 5) is 0. The molecule has 0 radical (unpaired) electrons. The van der Waals surface area contributed by atoms with Crippen LogP contribution < -0.4 is 10.6 Å². The van der Waals surface area contributed by atoms with Crippen molar-refractivity contribution in [2.45, 2.75) is 19.4 Å². The highest BCUT2D eigenvalue weighted by molar-refractivity contribution is 5.30. The van der Waals surface area contributed by atoms with Gasteiger partial charge in [-0.25, -0.2) is 4.39 Å². The predicted octanol–water partition coefficient (Wildman–Crippen LogP) is 1.54. The summed E-state index contributed by atoms with van der Waals surface area (Å²) in [6, 6.07) is 5.34. The normalized spacial score (nSPS) is 26.6. The lowest BCUT2D eigenvalue weighted by atomic mass is 9.89. The van der Waals surface area contributed by atoms with Gasteiger partial charge in [0.1, 0.15) is 5.82 Å². The van der Waals surface area contributed by atoms with Crippen molar-refractivity contribution in [3.63, 3.8) is 0 Å². The first-order chi connectivity index (χ1) is 7.12. The summed E-state index contributed by atoms with van der Waals surface area (Å²) < 4.78 is 13.2. The average Bonchev–Trinajstić information content (AvgIpc) is 2.23. The predicted molar refractivity (Wildman–Crippen MR) is 59.4 cm³/mol. The van der Waals surface area contributed by atoms with Crippen LogP contribution in [0.1, 0.15) is 18.1 Å². The van der Waals surface area contributed by atoms with E-state index in [2.05, 4.69) is 17.6 Å². The summed E-state index contributed by atoms with van der Waals surface area (Å²) in [6.07, 6.45) is 0. The van der Waals surface area contributed by atoms with Crippen LogP contribution in [0.4, 0.5) is 4.39 Å². The van der Waals surface area contributed by atoms with Gasteiger partial charge in [-0.2, -0.15) is 0 Å². The minimum atomic E-state index is -0.133. The van der Waals surface area contributed by atoms with E-state index in [1.54, 1.807) is 13.0 Å². The fourth-order valence-electron chi connectivity index (χ4n) is 2.02. The van der Waals surface area contributed by atoms with Crippen molar-refractivity contribution in [3.8, 4) is 0 Å². The van der Waals surface area contributed by atoms with Gasteiger partial charge in [-0.15, -0.1) is 0 Å². The molecule has 1 saturated heterocycles. The van der Waals surface area contributed by atoms with Crippen LogP contribution >= 0.6 is 0 Å². The van der Waals surface area contributed by atoms with Gasteiger partial charge in [0.25, 0.3) is 0 Å². The summed E-state index contributed by atoms with van der Waals surface area (Å²) in [5.41, 5.74) is 1.78. The molecular weight excluding hydrogens is 191 g/mol. The van der Waals surface area contributed by atoms with Gasteiger partial charge in [0.05, 0.1) is 5.54 Å². The second kappa shape index (κ2) is 3.91. The van der Waals surface area contributed by atoms with Crippen molar-refractivity contribution >= 4 is 0 Å². The lowest BCUT2D eigenvalue weighted by Crippen LogP contribution is -2.55. The molecule has 1 aromatic rings. The Hall–Kier alpha value is -0.930. The lowest BCUT2D eigenvalue weighted by molar-refractivity contribution is 0.302. The molecule has 0 aliphatic carbocycles. The third kappa shape index (κ3) is 2.03. The molecule has 1 aliphatic heterocycles. The molecule has 1 aliphatic rings. The molecule has 1 aromatic carbocycles. The van der Waals surface area contributed by atoms with E-state index in [1.807, 2.05) is 12.1 Å². The number of piperazine rings is 1. The zero-order valence-corrected chi connectivity index (χ0v) is 9.23. The summed E-state index contributed by atoms with van der Waals surface area (Å²) in [7, 11) is 0. The number of nitrogens with one attached hydrogen (secondary N) is 2. The highest BCUT2D eigenvalue weighted by Crippen LogP contribution is 2.23. The van der Waals surface area contributed by atoms with Crippen molar-refractivity contribution in [2.24, 2.45) is 0 Å². The Morgan fingerprint density at radius 1 is 1.33 bits per heavy atom. The van der Waals surface area contributed by atoms with E-state index in [1.165, 1.54) is 0 Å². The minimum absolute atomic E-state index is 0.0727. The third-order valence-corrected chi connectivity index (χ3v) is 3.09. The second-order valence-electron chi connectivity index (χ2n) is 4.40. The van der Waals surface area contributed by atoms with Crippen LogP contribution in [0.2, 0.25) is 0 Å². The molecule has 0 saturated carbocycles. The zero-order valence-electron chi connectivity index (χ0n) is 9.23. The maximum atomic E-state index is 13.2. The van der Waals surface area contributed by atoms with Crippen LogP contribution in [0.25, 0.3) is 0 Å². The van der Waals surface area contributed by atoms with Crippen LogP contribution in [0, 0.1) is 12.7 Å². The Morgan fingerprint density at radius 3 is 2.73 bits per heavy atom. The molecule has 1 unspecified atom stereocenters. The Balaban J connectivity index is 2.31. The Labute approximate surface area is 89.9 Å². The standard InChI is InChI=1S/C12H17FN2/c1-9-7-10(3-4-11(9)13)12(2)8-14-5-6-15-12/h3-4,7,14-15H,5-6,8H2,1-2H3. The van der Waals surface area contributed by atoms with E-state index < -0.39 is 0 Å². The second-order valence-corrected chi connectivity index (χ2v) is 4.40. The maximum Gasteiger partial charge on any atom is 0.126 e. The SMILES string of the molecule is Cc1cc(C2(C)CNCCN2)ccc1F. The van der Waals surface area contributed by atoms with Crippen molar-refractivity contribution in [3.05, 3.63) is 35.1 Å². The first-order valence-electron chi connectivity index (χ1n) is 5.34. The van der Waals surface area contributed by atoms with E-state index in [4.69, 9.17) is 0 Å². The van der Waals surface area contributed by atoms with Crippen molar-refractivity contribution < 1.29 is 4.39 Å². The molecule has 0 bridgehead atoms. The van der Waals surface area contributed by atoms with Gasteiger partial charge in [-0.3, -0.25) is 0 Å². The van der Waals surface area contributed by atoms with Gasteiger partial charge >= 0.3 is 0 Å². The van der Waals surface area contributed by atoms with Gasteiger partial charge in [-0.1, -0.05) is 12.1 Å². The topological polar surface area (TPSA) is 24.1 Å². The number of halogens is 1. The molecule has 2 nitrogen and oxygen atoms in total. The molecule has 1 fully saturated rings. The molecule has 0 amide bonds. The summed E-state index contributed by atoms with van der Waals surface area (Å²) in [5.74, 6) is -0.133. The van der Waals surface area contributed by atoms with Gasteiger partial charge in [0, 0.05) is 19.6 Å². The van der Waals surface area contributed by atoms with E-state index in [0.717, 1.165) is 25.2 Å². The smallest absolute Gasteiger partial charge is 0.126 e. The fourth-order valence-corrected chi connectivity index (χ4v) is 2.02. The first kappa shape index (κ1) is 10.6. The highest BCUT2D eigenvalue weighted by Gasteiger charge is 2.28.